The van der Waals surface area contributed by atoms with Gasteiger partial charge in [0.1, 0.15) is 5.82 Å². The van der Waals surface area contributed by atoms with Crippen LogP contribution in [0.3, 0.4) is 0 Å². The van der Waals surface area contributed by atoms with Gasteiger partial charge in [0.2, 0.25) is 0 Å². The molecule has 1 aromatic carbocycles. The first-order chi connectivity index (χ1) is 15.1. The fourth-order valence-electron chi connectivity index (χ4n) is 3.70. The van der Waals surface area contributed by atoms with Gasteiger partial charge in [-0.2, -0.15) is 5.10 Å². The first-order valence-electron chi connectivity index (χ1n) is 10.2. The molecule has 0 atom stereocenters. The van der Waals surface area contributed by atoms with Crippen molar-refractivity contribution in [2.24, 2.45) is 0 Å². The van der Waals surface area contributed by atoms with E-state index in [4.69, 9.17) is 14.5 Å². The Hall–Kier alpha value is -3.01. The average molecular weight is 443 g/mol. The highest BCUT2D eigenvalue weighted by Gasteiger charge is 2.20. The second-order valence-corrected chi connectivity index (χ2v) is 7.93. The van der Waals surface area contributed by atoms with Gasteiger partial charge < -0.3 is 19.7 Å². The molecule has 31 heavy (non-hydrogen) atoms. The van der Waals surface area contributed by atoms with E-state index in [9.17, 15) is 4.79 Å². The van der Waals surface area contributed by atoms with Gasteiger partial charge in [-0.05, 0) is 37.3 Å². The molecular formula is C21H26N6O3S. The van der Waals surface area contributed by atoms with Crippen LogP contribution in [0.15, 0.2) is 29.6 Å². The molecule has 0 saturated carbocycles. The predicted octanol–water partition coefficient (Wildman–Crippen LogP) is 2.60. The molecule has 9 nitrogen and oxygen atoms in total. The molecule has 1 aliphatic heterocycles. The van der Waals surface area contributed by atoms with Gasteiger partial charge in [-0.25, -0.2) is 14.6 Å². The molecule has 0 aliphatic carbocycles. The van der Waals surface area contributed by atoms with E-state index in [2.05, 4.69) is 20.3 Å². The minimum absolute atomic E-state index is 0.186. The number of nitrogens with zero attached hydrogens (tertiary/aromatic N) is 5. The van der Waals surface area contributed by atoms with Gasteiger partial charge in [0.15, 0.2) is 22.3 Å². The summed E-state index contributed by atoms with van der Waals surface area (Å²) in [6.07, 6.45) is 6.15. The number of nitrogens with one attached hydrogen (secondary N) is 1. The van der Waals surface area contributed by atoms with Crippen molar-refractivity contribution in [1.29, 1.82) is 0 Å². The van der Waals surface area contributed by atoms with Crippen LogP contribution in [0.4, 0.5) is 5.82 Å². The van der Waals surface area contributed by atoms with Crippen LogP contribution in [0.5, 0.6) is 11.5 Å². The summed E-state index contributed by atoms with van der Waals surface area (Å²) in [6.45, 7) is 2.94. The molecule has 1 saturated heterocycles. The Morgan fingerprint density at radius 3 is 2.65 bits per heavy atom. The Labute approximate surface area is 185 Å². The number of amides is 1. The minimum Gasteiger partial charge on any atom is -0.493 e. The topological polar surface area (TPSA) is 94.4 Å². The van der Waals surface area contributed by atoms with Crippen molar-refractivity contribution in [3.05, 3.63) is 30.0 Å². The van der Waals surface area contributed by atoms with Crippen LogP contribution in [0.25, 0.3) is 11.0 Å². The van der Waals surface area contributed by atoms with Crippen LogP contribution in [-0.4, -0.2) is 65.8 Å². The fraction of sp³-hybridized carbons (Fsp3) is 0.429. The van der Waals surface area contributed by atoms with Gasteiger partial charge in [0, 0.05) is 25.2 Å². The number of anilines is 1. The fourth-order valence-corrected chi connectivity index (χ4v) is 4.06. The third-order valence-electron chi connectivity index (χ3n) is 5.30. The molecule has 1 aliphatic rings. The van der Waals surface area contributed by atoms with E-state index in [1.807, 2.05) is 17.1 Å². The number of carbonyl (C=O) groups is 1. The van der Waals surface area contributed by atoms with E-state index in [0.717, 1.165) is 35.1 Å². The maximum Gasteiger partial charge on any atom is 0.251 e. The lowest BCUT2D eigenvalue weighted by atomic mass is 10.2. The van der Waals surface area contributed by atoms with Crippen molar-refractivity contribution in [3.8, 4) is 11.5 Å². The lowest BCUT2D eigenvalue weighted by molar-refractivity contribution is 0.0951. The summed E-state index contributed by atoms with van der Waals surface area (Å²) in [7, 11) is 3.11. The molecule has 3 heterocycles. The number of thioether (sulfide) groups is 1. The zero-order valence-electron chi connectivity index (χ0n) is 17.9. The van der Waals surface area contributed by atoms with Crippen molar-refractivity contribution in [1.82, 2.24) is 25.1 Å². The molecule has 10 heteroatoms. The van der Waals surface area contributed by atoms with Crippen LogP contribution in [0, 0.1) is 0 Å². The Balaban J connectivity index is 1.48. The summed E-state index contributed by atoms with van der Waals surface area (Å²) in [5.74, 6) is 1.87. The molecule has 4 rings (SSSR count). The van der Waals surface area contributed by atoms with Gasteiger partial charge in [0.05, 0.1) is 32.3 Å². The lowest BCUT2D eigenvalue weighted by Crippen LogP contribution is -2.27. The molecule has 2 aromatic heterocycles. The number of fused-ring (bicyclic) bond motifs is 1. The summed E-state index contributed by atoms with van der Waals surface area (Å²) < 4.78 is 12.3. The molecule has 0 bridgehead atoms. The van der Waals surface area contributed by atoms with Gasteiger partial charge in [-0.3, -0.25) is 4.79 Å². The van der Waals surface area contributed by atoms with Crippen molar-refractivity contribution in [2.75, 3.05) is 45.0 Å². The van der Waals surface area contributed by atoms with Gasteiger partial charge in [0.25, 0.3) is 5.91 Å². The van der Waals surface area contributed by atoms with Crippen LogP contribution in [-0.2, 0) is 6.54 Å². The molecule has 3 aromatic rings. The quantitative estimate of drug-likeness (QED) is 0.420. The molecule has 1 fully saturated rings. The Morgan fingerprint density at radius 1 is 1.16 bits per heavy atom. The largest absolute Gasteiger partial charge is 0.493 e. The average Bonchev–Trinajstić information content (AvgIpc) is 3.48. The number of methoxy groups -OCH3 is 2. The molecule has 1 amide bonds. The van der Waals surface area contributed by atoms with Crippen molar-refractivity contribution in [3.63, 3.8) is 0 Å². The van der Waals surface area contributed by atoms with Gasteiger partial charge in [-0.1, -0.05) is 11.8 Å². The highest BCUT2D eigenvalue weighted by atomic mass is 32.2. The van der Waals surface area contributed by atoms with Gasteiger partial charge in [-0.15, -0.1) is 0 Å². The highest BCUT2D eigenvalue weighted by Crippen LogP contribution is 2.29. The number of hydrogen-bond donors (Lipinski definition) is 1. The number of aromatic nitrogens is 4. The summed E-state index contributed by atoms with van der Waals surface area (Å²) >= 11 is 1.52. The zero-order valence-corrected chi connectivity index (χ0v) is 18.7. The normalized spacial score (nSPS) is 13.6. The molecule has 0 radical (unpaired) electrons. The van der Waals surface area contributed by atoms with E-state index in [1.165, 1.54) is 24.6 Å². The predicted molar refractivity (Wildman–Crippen MR) is 120 cm³/mol. The van der Waals surface area contributed by atoms with Crippen LogP contribution in [0.1, 0.15) is 23.2 Å². The number of ether oxygens (including phenoxy) is 2. The maximum atomic E-state index is 12.6. The van der Waals surface area contributed by atoms with Crippen molar-refractivity contribution in [2.45, 2.75) is 24.5 Å². The summed E-state index contributed by atoms with van der Waals surface area (Å²) in [5, 5.41) is 9.12. The third kappa shape index (κ3) is 4.39. The number of hydrogen-bond acceptors (Lipinski definition) is 8. The van der Waals surface area contributed by atoms with E-state index >= 15 is 0 Å². The molecule has 0 spiro atoms. The molecule has 1 N–H and O–H groups in total. The summed E-state index contributed by atoms with van der Waals surface area (Å²) in [6, 6.07) is 5.09. The van der Waals surface area contributed by atoms with E-state index in [1.54, 1.807) is 32.4 Å². The second kappa shape index (κ2) is 9.42. The van der Waals surface area contributed by atoms with E-state index in [0.29, 0.717) is 30.2 Å². The lowest BCUT2D eigenvalue weighted by Gasteiger charge is -2.17. The summed E-state index contributed by atoms with van der Waals surface area (Å²) in [5.41, 5.74) is 1.30. The van der Waals surface area contributed by atoms with Crippen LogP contribution < -0.4 is 19.7 Å². The van der Waals surface area contributed by atoms with Crippen LogP contribution in [0.2, 0.25) is 0 Å². The highest BCUT2D eigenvalue weighted by molar-refractivity contribution is 7.98. The monoisotopic (exact) mass is 442 g/mol. The van der Waals surface area contributed by atoms with Crippen LogP contribution >= 0.6 is 11.8 Å². The number of rotatable bonds is 8. The van der Waals surface area contributed by atoms with Crippen molar-refractivity contribution < 1.29 is 14.3 Å². The minimum atomic E-state index is -0.186. The van der Waals surface area contributed by atoms with Gasteiger partial charge >= 0.3 is 0 Å². The SMILES string of the molecule is COc1ccc(C(=O)NCCn2ncc3c(N4CCCC4)nc(SC)nc32)cc1OC. The molecular weight excluding hydrogens is 416 g/mol. The molecule has 164 valence electrons. The summed E-state index contributed by atoms with van der Waals surface area (Å²) in [4.78, 5) is 24.3. The second-order valence-electron chi connectivity index (χ2n) is 7.16. The van der Waals surface area contributed by atoms with E-state index in [-0.39, 0.29) is 5.91 Å². The first-order valence-corrected chi connectivity index (χ1v) is 11.4. The Morgan fingerprint density at radius 2 is 1.94 bits per heavy atom. The third-order valence-corrected chi connectivity index (χ3v) is 5.85. The number of carbonyl (C=O) groups excluding carboxylic acids is 1. The number of benzene rings is 1. The zero-order chi connectivity index (χ0) is 21.8. The first kappa shape index (κ1) is 21.2. The molecule has 0 unspecified atom stereocenters. The Kier molecular flexibility index (Phi) is 6.45. The smallest absolute Gasteiger partial charge is 0.251 e. The van der Waals surface area contributed by atoms with E-state index < -0.39 is 0 Å². The van der Waals surface area contributed by atoms with Crippen molar-refractivity contribution >= 4 is 34.5 Å². The Bertz CT molecular complexity index is 1080. The standard InChI is InChI=1S/C21H26N6O3S/c1-29-16-7-6-14(12-17(16)30-2)20(28)22-8-11-27-19-15(13-23-27)18(24-21(25-19)31-3)26-9-4-5-10-26/h6-7,12-13H,4-5,8-11H2,1-3H3,(H,22,28). The maximum absolute atomic E-state index is 12.6.